The maximum Gasteiger partial charge on any atom is 0.195 e. The number of rotatable bonds is 8. The van der Waals surface area contributed by atoms with Crippen molar-refractivity contribution in [1.29, 1.82) is 0 Å². The number of guanidine groups is 1. The van der Waals surface area contributed by atoms with E-state index in [0.29, 0.717) is 19.8 Å². The zero-order valence-electron chi connectivity index (χ0n) is 14.6. The van der Waals surface area contributed by atoms with Crippen molar-refractivity contribution in [2.45, 2.75) is 13.0 Å². The molecule has 0 radical (unpaired) electrons. The van der Waals surface area contributed by atoms with Crippen LogP contribution in [0.3, 0.4) is 0 Å². The van der Waals surface area contributed by atoms with Gasteiger partial charge in [-0.2, -0.15) is 0 Å². The van der Waals surface area contributed by atoms with Crippen LogP contribution < -0.4 is 15.4 Å². The molecule has 0 atom stereocenters. The number of benzene rings is 1. The summed E-state index contributed by atoms with van der Waals surface area (Å²) in [6, 6.07) is 9.92. The van der Waals surface area contributed by atoms with E-state index in [4.69, 9.17) is 9.47 Å². The summed E-state index contributed by atoms with van der Waals surface area (Å²) in [7, 11) is 5.46. The molecule has 2 N–H and O–H groups in total. The van der Waals surface area contributed by atoms with Crippen molar-refractivity contribution in [2.75, 3.05) is 32.7 Å². The third kappa shape index (κ3) is 5.96. The van der Waals surface area contributed by atoms with Gasteiger partial charge in [0.15, 0.2) is 5.96 Å². The molecule has 0 aliphatic heterocycles. The van der Waals surface area contributed by atoms with Gasteiger partial charge in [0.05, 0.1) is 6.61 Å². The highest BCUT2D eigenvalue weighted by molar-refractivity contribution is 5.93. The van der Waals surface area contributed by atoms with Crippen molar-refractivity contribution < 1.29 is 9.47 Å². The molecule has 6 heteroatoms. The Morgan fingerprint density at radius 3 is 2.83 bits per heavy atom. The smallest absolute Gasteiger partial charge is 0.195 e. The van der Waals surface area contributed by atoms with Gasteiger partial charge in [0.2, 0.25) is 0 Å². The summed E-state index contributed by atoms with van der Waals surface area (Å²) < 4.78 is 12.8. The lowest BCUT2D eigenvalue weighted by molar-refractivity contribution is 0.172. The molecule has 130 valence electrons. The van der Waals surface area contributed by atoms with E-state index >= 15 is 0 Å². The molecule has 1 aromatic heterocycles. The highest BCUT2D eigenvalue weighted by Gasteiger charge is 2.02. The van der Waals surface area contributed by atoms with E-state index in [1.807, 2.05) is 42.1 Å². The molecule has 2 rings (SSSR count). The van der Waals surface area contributed by atoms with Crippen LogP contribution in [0.15, 0.2) is 47.7 Å². The van der Waals surface area contributed by atoms with Gasteiger partial charge in [-0.3, -0.25) is 4.99 Å². The standard InChI is InChI=1S/C18H26N4O2/c1-19-18(20-13-15-8-9-22(2)14-15)21-16-6-4-7-17(12-16)24-11-5-10-23-3/h4,6-9,12,14H,5,10-11,13H2,1-3H3,(H2,19,20,21). The molecule has 0 saturated carbocycles. The largest absolute Gasteiger partial charge is 0.493 e. The Balaban J connectivity index is 1.86. The number of nitrogens with one attached hydrogen (secondary N) is 2. The monoisotopic (exact) mass is 330 g/mol. The molecule has 0 saturated heterocycles. The van der Waals surface area contributed by atoms with Crippen molar-refractivity contribution >= 4 is 11.6 Å². The van der Waals surface area contributed by atoms with E-state index in [2.05, 4.69) is 27.9 Å². The molecule has 0 spiro atoms. The quantitative estimate of drug-likeness (QED) is 0.444. The van der Waals surface area contributed by atoms with Gasteiger partial charge >= 0.3 is 0 Å². The van der Waals surface area contributed by atoms with Crippen LogP contribution >= 0.6 is 0 Å². The Kier molecular flexibility index (Phi) is 7.17. The van der Waals surface area contributed by atoms with E-state index in [1.165, 1.54) is 5.56 Å². The van der Waals surface area contributed by atoms with E-state index in [-0.39, 0.29) is 0 Å². The number of hydrogen-bond acceptors (Lipinski definition) is 3. The lowest BCUT2D eigenvalue weighted by Crippen LogP contribution is -2.30. The summed E-state index contributed by atoms with van der Waals surface area (Å²) in [5.74, 6) is 1.55. The SMILES string of the molecule is CN=C(NCc1ccn(C)c1)Nc1cccc(OCCCOC)c1. The fraction of sp³-hybridized carbons (Fsp3) is 0.389. The van der Waals surface area contributed by atoms with E-state index in [1.54, 1.807) is 14.2 Å². The molecule has 0 amide bonds. The average Bonchev–Trinajstić information content (AvgIpc) is 3.01. The Hall–Kier alpha value is -2.47. The first-order valence-corrected chi connectivity index (χ1v) is 8.01. The van der Waals surface area contributed by atoms with Crippen LogP contribution in [0, 0.1) is 0 Å². The highest BCUT2D eigenvalue weighted by atomic mass is 16.5. The Morgan fingerprint density at radius 1 is 1.25 bits per heavy atom. The average molecular weight is 330 g/mol. The van der Waals surface area contributed by atoms with E-state index in [9.17, 15) is 0 Å². The number of anilines is 1. The number of methoxy groups -OCH3 is 1. The number of ether oxygens (including phenoxy) is 2. The zero-order valence-corrected chi connectivity index (χ0v) is 14.6. The maximum absolute atomic E-state index is 5.71. The molecular formula is C18H26N4O2. The van der Waals surface area contributed by atoms with Crippen LogP contribution in [0.5, 0.6) is 5.75 Å². The number of aryl methyl sites for hydroxylation is 1. The van der Waals surface area contributed by atoms with Crippen molar-refractivity contribution in [3.63, 3.8) is 0 Å². The maximum atomic E-state index is 5.71. The summed E-state index contributed by atoms with van der Waals surface area (Å²) >= 11 is 0. The van der Waals surface area contributed by atoms with Gasteiger partial charge < -0.3 is 24.7 Å². The van der Waals surface area contributed by atoms with Gasteiger partial charge in [-0.05, 0) is 23.8 Å². The fourth-order valence-corrected chi connectivity index (χ4v) is 2.22. The minimum absolute atomic E-state index is 0.637. The van der Waals surface area contributed by atoms with Crippen LogP contribution in [0.2, 0.25) is 0 Å². The van der Waals surface area contributed by atoms with E-state index < -0.39 is 0 Å². The summed E-state index contributed by atoms with van der Waals surface area (Å²) in [5, 5.41) is 6.57. The first-order chi connectivity index (χ1) is 11.7. The molecule has 1 aromatic carbocycles. The van der Waals surface area contributed by atoms with Crippen LogP contribution in [-0.2, 0) is 18.3 Å². The summed E-state index contributed by atoms with van der Waals surface area (Å²) in [6.07, 6.45) is 4.97. The van der Waals surface area contributed by atoms with Crippen molar-refractivity contribution in [2.24, 2.45) is 12.0 Å². The second kappa shape index (κ2) is 9.62. The molecule has 0 unspecified atom stereocenters. The predicted octanol–water partition coefficient (Wildman–Crippen LogP) is 2.63. The second-order valence-electron chi connectivity index (χ2n) is 5.46. The highest BCUT2D eigenvalue weighted by Crippen LogP contribution is 2.17. The van der Waals surface area contributed by atoms with Gasteiger partial charge in [0.1, 0.15) is 5.75 Å². The molecule has 6 nitrogen and oxygen atoms in total. The minimum atomic E-state index is 0.637. The molecule has 24 heavy (non-hydrogen) atoms. The number of nitrogens with zero attached hydrogens (tertiary/aromatic N) is 2. The molecule has 0 fully saturated rings. The van der Waals surface area contributed by atoms with Gasteiger partial charge in [-0.15, -0.1) is 0 Å². The number of aromatic nitrogens is 1. The Bertz CT molecular complexity index is 652. The van der Waals surface area contributed by atoms with Gasteiger partial charge in [0.25, 0.3) is 0 Å². The zero-order chi connectivity index (χ0) is 17.2. The number of hydrogen-bond donors (Lipinski definition) is 2. The normalized spacial score (nSPS) is 11.4. The van der Waals surface area contributed by atoms with Crippen LogP contribution in [0.1, 0.15) is 12.0 Å². The van der Waals surface area contributed by atoms with Crippen LogP contribution in [0.4, 0.5) is 5.69 Å². The molecule has 0 aliphatic carbocycles. The van der Waals surface area contributed by atoms with Gasteiger partial charge in [-0.25, -0.2) is 0 Å². The van der Waals surface area contributed by atoms with Gasteiger partial charge in [-0.1, -0.05) is 6.07 Å². The summed E-state index contributed by atoms with van der Waals surface area (Å²) in [6.45, 7) is 2.06. The molecule has 0 bridgehead atoms. The third-order valence-electron chi connectivity index (χ3n) is 3.44. The third-order valence-corrected chi connectivity index (χ3v) is 3.44. The van der Waals surface area contributed by atoms with E-state index in [0.717, 1.165) is 23.8 Å². The fourth-order valence-electron chi connectivity index (χ4n) is 2.22. The first kappa shape index (κ1) is 17.9. The molecular weight excluding hydrogens is 304 g/mol. The minimum Gasteiger partial charge on any atom is -0.493 e. The Labute approximate surface area is 143 Å². The van der Waals surface area contributed by atoms with Crippen molar-refractivity contribution in [3.8, 4) is 5.75 Å². The number of aliphatic imine (C=N–C) groups is 1. The molecule has 2 aromatic rings. The first-order valence-electron chi connectivity index (χ1n) is 8.01. The molecule has 0 aliphatic rings. The molecule has 1 heterocycles. The van der Waals surface area contributed by atoms with Crippen LogP contribution in [-0.4, -0.2) is 37.9 Å². The Morgan fingerprint density at radius 2 is 2.12 bits per heavy atom. The topological polar surface area (TPSA) is 59.8 Å². The van der Waals surface area contributed by atoms with Crippen LogP contribution in [0.25, 0.3) is 0 Å². The second-order valence-corrected chi connectivity index (χ2v) is 5.46. The lowest BCUT2D eigenvalue weighted by Gasteiger charge is -2.13. The van der Waals surface area contributed by atoms with Crippen molar-refractivity contribution in [3.05, 3.63) is 48.3 Å². The summed E-state index contributed by atoms with van der Waals surface area (Å²) in [4.78, 5) is 4.25. The predicted molar refractivity (Wildman–Crippen MR) is 97.7 cm³/mol. The summed E-state index contributed by atoms with van der Waals surface area (Å²) in [5.41, 5.74) is 2.14. The lowest BCUT2D eigenvalue weighted by atomic mass is 10.3. The van der Waals surface area contributed by atoms with Gasteiger partial charge in [0, 0.05) is 64.9 Å². The van der Waals surface area contributed by atoms with Crippen molar-refractivity contribution in [1.82, 2.24) is 9.88 Å².